The normalized spacial score (nSPS) is 10.2. The van der Waals surface area contributed by atoms with E-state index < -0.39 is 5.91 Å². The molecule has 0 spiro atoms. The number of ether oxygens (including phenoxy) is 1. The lowest BCUT2D eigenvalue weighted by Gasteiger charge is -2.08. The second-order valence-corrected chi connectivity index (χ2v) is 5.91. The molecule has 1 amide bonds. The third kappa shape index (κ3) is 3.93. The molecule has 0 saturated carbocycles. The van der Waals surface area contributed by atoms with Gasteiger partial charge in [-0.25, -0.2) is 0 Å². The Morgan fingerprint density at radius 1 is 1.12 bits per heavy atom. The van der Waals surface area contributed by atoms with Crippen molar-refractivity contribution in [1.29, 1.82) is 5.26 Å². The van der Waals surface area contributed by atoms with Gasteiger partial charge in [0.05, 0.1) is 0 Å². The molecule has 0 unspecified atom stereocenters. The number of furan rings is 1. The number of anilines is 1. The Hall–Kier alpha value is -3.52. The highest BCUT2D eigenvalue weighted by atomic mass is 16.5. The topological polar surface area (TPSA) is 75.3 Å². The molecule has 130 valence electrons. The molecular formula is C21H18N2O3. The highest BCUT2D eigenvalue weighted by Crippen LogP contribution is 2.28. The van der Waals surface area contributed by atoms with Gasteiger partial charge < -0.3 is 9.15 Å². The number of carbonyl (C=O) groups is 1. The summed E-state index contributed by atoms with van der Waals surface area (Å²) in [5, 5.41) is 11.9. The molecule has 0 aliphatic carbocycles. The van der Waals surface area contributed by atoms with Crippen molar-refractivity contribution in [3.8, 4) is 23.1 Å². The van der Waals surface area contributed by atoms with E-state index in [1.165, 1.54) is 0 Å². The Bertz CT molecular complexity index is 969. The summed E-state index contributed by atoms with van der Waals surface area (Å²) in [7, 11) is 0. The highest BCUT2D eigenvalue weighted by Gasteiger charge is 2.15. The SMILES string of the molecule is Cc1ccc(OCC(=O)Nc2oc(-c3ccccc3)cc2C#N)cc1C. The zero-order chi connectivity index (χ0) is 18.5. The second-order valence-electron chi connectivity index (χ2n) is 5.91. The van der Waals surface area contributed by atoms with Gasteiger partial charge in [0.15, 0.2) is 6.61 Å². The molecule has 0 radical (unpaired) electrons. The molecule has 0 atom stereocenters. The van der Waals surface area contributed by atoms with Crippen LogP contribution in [-0.2, 0) is 4.79 Å². The Morgan fingerprint density at radius 2 is 1.88 bits per heavy atom. The molecule has 0 aliphatic heterocycles. The van der Waals surface area contributed by atoms with Crippen molar-refractivity contribution in [3.05, 3.63) is 71.3 Å². The van der Waals surface area contributed by atoms with E-state index in [1.54, 1.807) is 6.07 Å². The first-order chi connectivity index (χ1) is 12.6. The third-order valence-corrected chi connectivity index (χ3v) is 4.01. The van der Waals surface area contributed by atoms with Gasteiger partial charge in [0.2, 0.25) is 5.88 Å². The van der Waals surface area contributed by atoms with Crippen molar-refractivity contribution in [3.63, 3.8) is 0 Å². The predicted octanol–water partition coefficient (Wildman–Crippen LogP) is 4.45. The number of hydrogen-bond donors (Lipinski definition) is 1. The van der Waals surface area contributed by atoms with Gasteiger partial charge in [0, 0.05) is 11.6 Å². The van der Waals surface area contributed by atoms with Crippen LogP contribution in [0.25, 0.3) is 11.3 Å². The van der Waals surface area contributed by atoms with Crippen molar-refractivity contribution >= 4 is 11.8 Å². The lowest BCUT2D eigenvalue weighted by Crippen LogP contribution is -2.20. The minimum absolute atomic E-state index is 0.125. The maximum Gasteiger partial charge on any atom is 0.264 e. The number of nitrogens with one attached hydrogen (secondary N) is 1. The molecule has 1 N–H and O–H groups in total. The average Bonchev–Trinajstić information content (AvgIpc) is 3.06. The lowest BCUT2D eigenvalue weighted by atomic mass is 10.1. The smallest absolute Gasteiger partial charge is 0.264 e. The number of hydrogen-bond acceptors (Lipinski definition) is 4. The van der Waals surface area contributed by atoms with Crippen molar-refractivity contribution in [2.45, 2.75) is 13.8 Å². The molecular weight excluding hydrogens is 328 g/mol. The summed E-state index contributed by atoms with van der Waals surface area (Å²) >= 11 is 0. The fourth-order valence-corrected chi connectivity index (χ4v) is 2.43. The van der Waals surface area contributed by atoms with Gasteiger partial charge in [-0.2, -0.15) is 5.26 Å². The number of carbonyl (C=O) groups excluding carboxylic acids is 1. The van der Waals surface area contributed by atoms with Crippen LogP contribution in [0.3, 0.4) is 0 Å². The summed E-state index contributed by atoms with van der Waals surface area (Å²) in [6, 6.07) is 18.7. The maximum atomic E-state index is 12.1. The van der Waals surface area contributed by atoms with E-state index in [0.717, 1.165) is 16.7 Å². The van der Waals surface area contributed by atoms with E-state index in [2.05, 4.69) is 5.32 Å². The predicted molar refractivity (Wildman–Crippen MR) is 98.9 cm³/mol. The van der Waals surface area contributed by atoms with Crippen molar-refractivity contribution in [2.24, 2.45) is 0 Å². The molecule has 26 heavy (non-hydrogen) atoms. The van der Waals surface area contributed by atoms with E-state index >= 15 is 0 Å². The van der Waals surface area contributed by atoms with Gasteiger partial charge in [0.25, 0.3) is 5.91 Å². The molecule has 0 bridgehead atoms. The van der Waals surface area contributed by atoms with Crippen LogP contribution >= 0.6 is 0 Å². The molecule has 2 aromatic carbocycles. The van der Waals surface area contributed by atoms with E-state index in [9.17, 15) is 10.1 Å². The van der Waals surface area contributed by atoms with Crippen LogP contribution in [0.4, 0.5) is 5.88 Å². The van der Waals surface area contributed by atoms with Crippen LogP contribution in [0.2, 0.25) is 0 Å². The molecule has 0 saturated heterocycles. The monoisotopic (exact) mass is 346 g/mol. The molecule has 3 rings (SSSR count). The summed E-state index contributed by atoms with van der Waals surface area (Å²) in [6.07, 6.45) is 0. The van der Waals surface area contributed by atoms with Crippen LogP contribution in [0, 0.1) is 25.2 Å². The number of amides is 1. The van der Waals surface area contributed by atoms with Gasteiger partial charge in [-0.15, -0.1) is 0 Å². The van der Waals surface area contributed by atoms with Crippen LogP contribution in [0.15, 0.2) is 59.0 Å². The Labute approximate surface area is 151 Å². The number of aryl methyl sites for hydroxylation is 2. The van der Waals surface area contributed by atoms with Crippen LogP contribution in [0.1, 0.15) is 16.7 Å². The molecule has 5 heteroatoms. The average molecular weight is 346 g/mol. The highest BCUT2D eigenvalue weighted by molar-refractivity contribution is 5.92. The minimum atomic E-state index is -0.395. The first-order valence-electron chi connectivity index (χ1n) is 8.16. The molecule has 0 fully saturated rings. The summed E-state index contributed by atoms with van der Waals surface area (Å²) in [5.74, 6) is 0.870. The van der Waals surface area contributed by atoms with Gasteiger partial charge in [-0.3, -0.25) is 10.1 Å². The van der Waals surface area contributed by atoms with Crippen LogP contribution in [-0.4, -0.2) is 12.5 Å². The fraction of sp³-hybridized carbons (Fsp3) is 0.143. The van der Waals surface area contributed by atoms with Gasteiger partial charge in [0.1, 0.15) is 23.1 Å². The summed E-state index contributed by atoms with van der Waals surface area (Å²) in [5.41, 5.74) is 3.34. The largest absolute Gasteiger partial charge is 0.484 e. The first kappa shape index (κ1) is 17.3. The first-order valence-corrected chi connectivity index (χ1v) is 8.16. The zero-order valence-corrected chi connectivity index (χ0v) is 14.6. The lowest BCUT2D eigenvalue weighted by molar-refractivity contribution is -0.118. The Morgan fingerprint density at radius 3 is 2.58 bits per heavy atom. The van der Waals surface area contributed by atoms with Gasteiger partial charge >= 0.3 is 0 Å². The zero-order valence-electron chi connectivity index (χ0n) is 14.6. The van der Waals surface area contributed by atoms with E-state index in [-0.39, 0.29) is 18.1 Å². The van der Waals surface area contributed by atoms with Crippen molar-refractivity contribution in [2.75, 3.05) is 11.9 Å². The second kappa shape index (κ2) is 7.58. The Balaban J connectivity index is 1.68. The quantitative estimate of drug-likeness (QED) is 0.740. The van der Waals surface area contributed by atoms with Crippen molar-refractivity contribution < 1.29 is 13.9 Å². The standard InChI is InChI=1S/C21H18N2O3/c1-14-8-9-18(10-15(14)2)25-13-20(24)23-21-17(12-22)11-19(26-21)16-6-4-3-5-7-16/h3-11H,13H2,1-2H3,(H,23,24). The third-order valence-electron chi connectivity index (χ3n) is 4.01. The van der Waals surface area contributed by atoms with Crippen LogP contribution < -0.4 is 10.1 Å². The Kier molecular flexibility index (Phi) is 5.04. The molecule has 3 aromatic rings. The summed E-state index contributed by atoms with van der Waals surface area (Å²) < 4.78 is 11.1. The van der Waals surface area contributed by atoms with Gasteiger partial charge in [-0.05, 0) is 37.1 Å². The van der Waals surface area contributed by atoms with E-state index in [0.29, 0.717) is 11.5 Å². The summed E-state index contributed by atoms with van der Waals surface area (Å²) in [4.78, 5) is 12.1. The van der Waals surface area contributed by atoms with E-state index in [1.807, 2.05) is 68.4 Å². The minimum Gasteiger partial charge on any atom is -0.484 e. The number of nitrogens with zero attached hydrogens (tertiary/aromatic N) is 1. The fourth-order valence-electron chi connectivity index (χ4n) is 2.43. The maximum absolute atomic E-state index is 12.1. The molecule has 1 aromatic heterocycles. The van der Waals surface area contributed by atoms with E-state index in [4.69, 9.17) is 9.15 Å². The van der Waals surface area contributed by atoms with Crippen LogP contribution in [0.5, 0.6) is 5.75 Å². The molecule has 1 heterocycles. The molecule has 5 nitrogen and oxygen atoms in total. The van der Waals surface area contributed by atoms with Gasteiger partial charge in [-0.1, -0.05) is 36.4 Å². The number of benzene rings is 2. The molecule has 0 aliphatic rings. The number of nitriles is 1. The summed E-state index contributed by atoms with van der Waals surface area (Å²) in [6.45, 7) is 3.82. The van der Waals surface area contributed by atoms with Crippen molar-refractivity contribution in [1.82, 2.24) is 0 Å². The number of rotatable bonds is 5.